The van der Waals surface area contributed by atoms with Gasteiger partial charge in [-0.1, -0.05) is 13.8 Å². The summed E-state index contributed by atoms with van der Waals surface area (Å²) in [5.74, 6) is -0.754. The third-order valence-electron chi connectivity index (χ3n) is 3.48. The van der Waals surface area contributed by atoms with Crippen LogP contribution in [0.25, 0.3) is 0 Å². The van der Waals surface area contributed by atoms with Gasteiger partial charge in [-0.15, -0.1) is 0 Å². The molecule has 0 aliphatic carbocycles. The van der Waals surface area contributed by atoms with E-state index in [4.69, 9.17) is 0 Å². The van der Waals surface area contributed by atoms with Crippen molar-refractivity contribution in [2.75, 3.05) is 7.11 Å². The molecule has 0 amide bonds. The highest BCUT2D eigenvalue weighted by molar-refractivity contribution is 5.70. The van der Waals surface area contributed by atoms with Gasteiger partial charge < -0.3 is 14.4 Å². The topological polar surface area (TPSA) is 68.5 Å². The second-order valence-corrected chi connectivity index (χ2v) is 5.08. The fourth-order valence-electron chi connectivity index (χ4n) is 2.11. The van der Waals surface area contributed by atoms with Crippen LogP contribution in [0.1, 0.15) is 37.4 Å². The molecule has 1 heterocycles. The summed E-state index contributed by atoms with van der Waals surface area (Å²) in [7, 11) is 2.96. The van der Waals surface area contributed by atoms with E-state index in [0.717, 1.165) is 0 Å². The number of nitrogens with zero attached hydrogens (tertiary/aromatic N) is 1. The molecule has 1 rings (SSSR count). The van der Waals surface area contributed by atoms with E-state index in [1.54, 1.807) is 20.0 Å². The van der Waals surface area contributed by atoms with Crippen LogP contribution < -0.4 is 5.56 Å². The van der Waals surface area contributed by atoms with E-state index >= 15 is 0 Å². The number of aromatic nitrogens is 1. The van der Waals surface area contributed by atoms with Crippen molar-refractivity contribution >= 4 is 5.97 Å². The fourth-order valence-corrected chi connectivity index (χ4v) is 2.11. The van der Waals surface area contributed by atoms with Gasteiger partial charge in [0.1, 0.15) is 5.75 Å². The summed E-state index contributed by atoms with van der Waals surface area (Å²) in [6, 6.07) is 1.55. The molecule has 5 nitrogen and oxygen atoms in total. The van der Waals surface area contributed by atoms with Gasteiger partial charge in [-0.05, 0) is 18.9 Å². The molecule has 1 atom stereocenters. The maximum atomic E-state index is 12.3. The smallest absolute Gasteiger partial charge is 0.306 e. The second kappa shape index (κ2) is 5.91. The van der Waals surface area contributed by atoms with E-state index < -0.39 is 0 Å². The molecular weight excluding hydrogens is 246 g/mol. The van der Waals surface area contributed by atoms with Gasteiger partial charge in [-0.2, -0.15) is 0 Å². The van der Waals surface area contributed by atoms with Gasteiger partial charge >= 0.3 is 5.97 Å². The third-order valence-corrected chi connectivity index (χ3v) is 3.48. The first-order valence-corrected chi connectivity index (χ1v) is 6.25. The van der Waals surface area contributed by atoms with Crippen molar-refractivity contribution in [2.24, 2.45) is 13.0 Å². The first-order chi connectivity index (χ1) is 8.79. The Morgan fingerprint density at radius 1 is 1.47 bits per heavy atom. The Morgan fingerprint density at radius 2 is 2.05 bits per heavy atom. The second-order valence-electron chi connectivity index (χ2n) is 5.08. The Kier molecular flexibility index (Phi) is 4.75. The summed E-state index contributed by atoms with van der Waals surface area (Å²) in [6.45, 7) is 5.56. The molecule has 0 fully saturated rings. The lowest BCUT2D eigenvalue weighted by Crippen LogP contribution is -2.28. The standard InChI is InChI=1S/C14H21NO4/c1-8(2)10(7-12(17)19-5)13-11(16)6-9(3)15(4)14(13)18/h6,8,10,16H,7H2,1-5H3. The Labute approximate surface area is 112 Å². The van der Waals surface area contributed by atoms with Crippen LogP contribution in [0.2, 0.25) is 0 Å². The minimum absolute atomic E-state index is 0.0420. The van der Waals surface area contributed by atoms with E-state index in [1.165, 1.54) is 11.7 Å². The Morgan fingerprint density at radius 3 is 2.53 bits per heavy atom. The largest absolute Gasteiger partial charge is 0.507 e. The molecule has 1 aromatic rings. The van der Waals surface area contributed by atoms with Gasteiger partial charge in [0, 0.05) is 18.7 Å². The molecule has 0 saturated heterocycles. The van der Waals surface area contributed by atoms with Crippen LogP contribution in [0.5, 0.6) is 5.75 Å². The molecule has 0 aromatic carbocycles. The summed E-state index contributed by atoms with van der Waals surface area (Å²) in [5, 5.41) is 10.0. The number of methoxy groups -OCH3 is 1. The fraction of sp³-hybridized carbons (Fsp3) is 0.571. The maximum absolute atomic E-state index is 12.3. The van der Waals surface area contributed by atoms with Crippen molar-refractivity contribution in [1.29, 1.82) is 0 Å². The Bertz CT molecular complexity index is 531. The molecular formula is C14H21NO4. The number of ether oxygens (including phenoxy) is 1. The van der Waals surface area contributed by atoms with Gasteiger partial charge in [0.2, 0.25) is 0 Å². The number of carbonyl (C=O) groups is 1. The first-order valence-electron chi connectivity index (χ1n) is 6.25. The van der Waals surface area contributed by atoms with Crippen LogP contribution in [0.4, 0.5) is 0 Å². The highest BCUT2D eigenvalue weighted by Crippen LogP contribution is 2.32. The molecule has 106 valence electrons. The molecule has 19 heavy (non-hydrogen) atoms. The molecule has 1 unspecified atom stereocenters. The first kappa shape index (κ1) is 15.3. The van der Waals surface area contributed by atoms with Crippen LogP contribution in [-0.2, 0) is 16.6 Å². The third kappa shape index (κ3) is 3.16. The average molecular weight is 267 g/mol. The van der Waals surface area contributed by atoms with Gasteiger partial charge in [0.05, 0.1) is 19.1 Å². The van der Waals surface area contributed by atoms with Gasteiger partial charge in [0.25, 0.3) is 5.56 Å². The van der Waals surface area contributed by atoms with Gasteiger partial charge in [-0.25, -0.2) is 0 Å². The van der Waals surface area contributed by atoms with Crippen molar-refractivity contribution in [2.45, 2.75) is 33.1 Å². The summed E-state index contributed by atoms with van der Waals surface area (Å²) >= 11 is 0. The van der Waals surface area contributed by atoms with E-state index in [9.17, 15) is 14.7 Å². The number of hydrogen-bond acceptors (Lipinski definition) is 4. The number of aromatic hydroxyl groups is 1. The number of carbonyl (C=O) groups excluding carboxylic acids is 1. The van der Waals surface area contributed by atoms with Crippen LogP contribution in [0.15, 0.2) is 10.9 Å². The zero-order valence-corrected chi connectivity index (χ0v) is 12.1. The molecule has 0 spiro atoms. The predicted molar refractivity (Wildman–Crippen MR) is 72.3 cm³/mol. The molecule has 0 radical (unpaired) electrons. The highest BCUT2D eigenvalue weighted by Gasteiger charge is 2.26. The number of rotatable bonds is 4. The predicted octanol–water partition coefficient (Wildman–Crippen LogP) is 1.70. The van der Waals surface area contributed by atoms with E-state index in [0.29, 0.717) is 5.69 Å². The minimum atomic E-state index is -0.388. The Hall–Kier alpha value is -1.78. The number of pyridine rings is 1. The minimum Gasteiger partial charge on any atom is -0.507 e. The summed E-state index contributed by atoms with van der Waals surface area (Å²) in [5.41, 5.74) is 0.695. The molecule has 0 aliphatic heterocycles. The summed E-state index contributed by atoms with van der Waals surface area (Å²) in [4.78, 5) is 23.7. The van der Waals surface area contributed by atoms with Crippen LogP contribution >= 0.6 is 0 Å². The van der Waals surface area contributed by atoms with Crippen molar-refractivity contribution in [3.8, 4) is 5.75 Å². The van der Waals surface area contributed by atoms with E-state index in [2.05, 4.69) is 4.74 Å². The maximum Gasteiger partial charge on any atom is 0.306 e. The lowest BCUT2D eigenvalue weighted by atomic mass is 9.85. The normalized spacial score (nSPS) is 12.5. The molecule has 1 aromatic heterocycles. The number of hydrogen-bond donors (Lipinski definition) is 1. The van der Waals surface area contributed by atoms with E-state index in [1.807, 2.05) is 13.8 Å². The van der Waals surface area contributed by atoms with Gasteiger partial charge in [0.15, 0.2) is 0 Å². The molecule has 0 saturated carbocycles. The Balaban J connectivity index is 3.35. The number of aryl methyl sites for hydroxylation is 1. The van der Waals surface area contributed by atoms with Gasteiger partial charge in [-0.3, -0.25) is 9.59 Å². The lowest BCUT2D eigenvalue weighted by Gasteiger charge is -2.21. The van der Waals surface area contributed by atoms with Crippen LogP contribution in [0.3, 0.4) is 0 Å². The molecule has 1 N–H and O–H groups in total. The quantitative estimate of drug-likeness (QED) is 0.843. The van der Waals surface area contributed by atoms with E-state index in [-0.39, 0.29) is 41.1 Å². The zero-order chi connectivity index (χ0) is 14.7. The van der Waals surface area contributed by atoms with Crippen LogP contribution in [0, 0.1) is 12.8 Å². The summed E-state index contributed by atoms with van der Waals surface area (Å²) < 4.78 is 6.13. The average Bonchev–Trinajstić information content (AvgIpc) is 2.34. The molecule has 0 bridgehead atoms. The van der Waals surface area contributed by atoms with Crippen molar-refractivity contribution in [1.82, 2.24) is 4.57 Å². The molecule has 0 aliphatic rings. The molecule has 5 heteroatoms. The highest BCUT2D eigenvalue weighted by atomic mass is 16.5. The number of esters is 1. The van der Waals surface area contributed by atoms with Crippen molar-refractivity contribution in [3.63, 3.8) is 0 Å². The zero-order valence-electron chi connectivity index (χ0n) is 12.1. The van der Waals surface area contributed by atoms with Crippen molar-refractivity contribution < 1.29 is 14.6 Å². The SMILES string of the molecule is COC(=O)CC(c1c(O)cc(C)n(C)c1=O)C(C)C. The van der Waals surface area contributed by atoms with Crippen molar-refractivity contribution in [3.05, 3.63) is 27.7 Å². The monoisotopic (exact) mass is 267 g/mol. The van der Waals surface area contributed by atoms with Crippen LogP contribution in [-0.4, -0.2) is 22.8 Å². The lowest BCUT2D eigenvalue weighted by molar-refractivity contribution is -0.141. The summed E-state index contributed by atoms with van der Waals surface area (Å²) in [6.07, 6.45) is 0.0834.